The molecule has 1 heteroatoms. The Morgan fingerprint density at radius 1 is 1.15 bits per heavy atom. The second kappa shape index (κ2) is 5.66. The Balaban J connectivity index is 1.86. The van der Waals surface area contributed by atoms with Gasteiger partial charge in [-0.05, 0) is 68.1 Å². The molecule has 5 atom stereocenters. The van der Waals surface area contributed by atoms with Gasteiger partial charge >= 0.3 is 0 Å². The summed E-state index contributed by atoms with van der Waals surface area (Å²) < 4.78 is 13.6. The fourth-order valence-corrected chi connectivity index (χ4v) is 4.59. The Morgan fingerprint density at radius 2 is 1.90 bits per heavy atom. The summed E-state index contributed by atoms with van der Waals surface area (Å²) in [7, 11) is 0. The van der Waals surface area contributed by atoms with E-state index in [1.807, 2.05) is 0 Å². The Kier molecular flexibility index (Phi) is 4.06. The maximum Gasteiger partial charge on any atom is 0.104 e. The third-order valence-electron chi connectivity index (χ3n) is 5.90. The van der Waals surface area contributed by atoms with Crippen LogP contribution in [0.1, 0.15) is 59.3 Å². The highest BCUT2D eigenvalue weighted by Gasteiger charge is 2.41. The Labute approximate surface area is 123 Å². The minimum Gasteiger partial charge on any atom is -0.247 e. The Morgan fingerprint density at radius 3 is 2.50 bits per heavy atom. The van der Waals surface area contributed by atoms with Gasteiger partial charge in [0.25, 0.3) is 0 Å². The molecule has 3 aliphatic rings. The lowest BCUT2D eigenvalue weighted by molar-refractivity contribution is 0.240. The molecule has 20 heavy (non-hydrogen) atoms. The molecule has 1 saturated carbocycles. The Bertz CT molecular complexity index is 415. The van der Waals surface area contributed by atoms with Crippen LogP contribution in [0, 0.1) is 29.6 Å². The minimum absolute atomic E-state index is 0.453. The smallest absolute Gasteiger partial charge is 0.104 e. The molecule has 0 bridgehead atoms. The molecular weight excluding hydrogens is 247 g/mol. The van der Waals surface area contributed by atoms with Crippen molar-refractivity contribution in [3.63, 3.8) is 0 Å². The van der Waals surface area contributed by atoms with Gasteiger partial charge in [0.1, 0.15) is 6.17 Å². The van der Waals surface area contributed by atoms with Crippen LogP contribution in [0.4, 0.5) is 4.39 Å². The first-order chi connectivity index (χ1) is 9.60. The molecule has 0 heterocycles. The molecule has 3 aliphatic carbocycles. The topological polar surface area (TPSA) is 0 Å². The van der Waals surface area contributed by atoms with Crippen molar-refractivity contribution in [2.24, 2.45) is 29.6 Å². The van der Waals surface area contributed by atoms with E-state index in [-0.39, 0.29) is 0 Å². The summed E-state index contributed by atoms with van der Waals surface area (Å²) in [6.45, 7) is 6.92. The quantitative estimate of drug-likeness (QED) is 0.580. The third kappa shape index (κ3) is 2.73. The molecule has 0 aromatic carbocycles. The second-order valence-electron chi connectivity index (χ2n) is 7.43. The van der Waals surface area contributed by atoms with Crippen molar-refractivity contribution >= 4 is 0 Å². The van der Waals surface area contributed by atoms with Crippen LogP contribution >= 0.6 is 0 Å². The third-order valence-corrected chi connectivity index (χ3v) is 5.90. The standard InChI is InChI=1S/C19H29F/c1-4-14-11-18(15-5-6-15)19(10-12(14)2)17-8-7-16(20)9-13(17)3/h8,11-13,15-16,18-19H,4-7,9-10H2,1-3H3/t12-,13-,16?,18?,19?/m0/s1. The van der Waals surface area contributed by atoms with Crippen molar-refractivity contribution in [3.05, 3.63) is 23.3 Å². The number of allylic oxidation sites excluding steroid dienone is 4. The molecule has 3 unspecified atom stereocenters. The first-order valence-electron chi connectivity index (χ1n) is 8.64. The highest BCUT2D eigenvalue weighted by atomic mass is 19.1. The second-order valence-corrected chi connectivity index (χ2v) is 7.43. The number of alkyl halides is 1. The lowest BCUT2D eigenvalue weighted by Crippen LogP contribution is -2.30. The molecule has 0 saturated heterocycles. The van der Waals surface area contributed by atoms with Crippen molar-refractivity contribution in [3.8, 4) is 0 Å². The number of hydrogen-bond donors (Lipinski definition) is 0. The zero-order chi connectivity index (χ0) is 14.3. The SMILES string of the molecule is CCC1=CC(C2CC2)C(C2=CCC(F)C[C@@H]2C)C[C@@H]1C. The van der Waals surface area contributed by atoms with Gasteiger partial charge < -0.3 is 0 Å². The van der Waals surface area contributed by atoms with E-state index in [0.717, 1.165) is 24.2 Å². The van der Waals surface area contributed by atoms with Gasteiger partial charge in [0.15, 0.2) is 0 Å². The van der Waals surface area contributed by atoms with E-state index >= 15 is 0 Å². The molecule has 3 rings (SSSR count). The average Bonchev–Trinajstić information content (AvgIpc) is 3.23. The summed E-state index contributed by atoms with van der Waals surface area (Å²) in [6.07, 6.45) is 11.0. The lowest BCUT2D eigenvalue weighted by atomic mass is 9.66. The first-order valence-corrected chi connectivity index (χ1v) is 8.64. The predicted molar refractivity (Wildman–Crippen MR) is 83.2 cm³/mol. The monoisotopic (exact) mass is 276 g/mol. The van der Waals surface area contributed by atoms with Crippen LogP contribution in [0.3, 0.4) is 0 Å². The first kappa shape index (κ1) is 14.4. The summed E-state index contributed by atoms with van der Waals surface area (Å²) in [5, 5.41) is 0. The molecule has 0 aliphatic heterocycles. The zero-order valence-corrected chi connectivity index (χ0v) is 13.2. The number of hydrogen-bond acceptors (Lipinski definition) is 0. The van der Waals surface area contributed by atoms with Gasteiger partial charge in [0, 0.05) is 0 Å². The van der Waals surface area contributed by atoms with Crippen LogP contribution in [-0.2, 0) is 0 Å². The van der Waals surface area contributed by atoms with Crippen LogP contribution in [-0.4, -0.2) is 6.17 Å². The summed E-state index contributed by atoms with van der Waals surface area (Å²) in [5.41, 5.74) is 3.26. The van der Waals surface area contributed by atoms with Crippen molar-refractivity contribution in [2.45, 2.75) is 65.5 Å². The van der Waals surface area contributed by atoms with Gasteiger partial charge in [-0.2, -0.15) is 0 Å². The summed E-state index contributed by atoms with van der Waals surface area (Å²) >= 11 is 0. The molecule has 0 aromatic rings. The van der Waals surface area contributed by atoms with Gasteiger partial charge in [-0.25, -0.2) is 4.39 Å². The fourth-order valence-electron chi connectivity index (χ4n) is 4.59. The molecule has 0 aromatic heterocycles. The van der Waals surface area contributed by atoms with Crippen LogP contribution in [0.2, 0.25) is 0 Å². The average molecular weight is 276 g/mol. The molecule has 0 nitrogen and oxygen atoms in total. The van der Waals surface area contributed by atoms with Crippen molar-refractivity contribution in [1.29, 1.82) is 0 Å². The summed E-state index contributed by atoms with van der Waals surface area (Å²) in [4.78, 5) is 0. The van der Waals surface area contributed by atoms with Gasteiger partial charge in [0.2, 0.25) is 0 Å². The number of halogens is 1. The predicted octanol–water partition coefficient (Wildman–Crippen LogP) is 5.70. The van der Waals surface area contributed by atoms with E-state index in [4.69, 9.17) is 0 Å². The van der Waals surface area contributed by atoms with E-state index in [1.54, 1.807) is 11.1 Å². The number of rotatable bonds is 3. The molecule has 0 N–H and O–H groups in total. The van der Waals surface area contributed by atoms with E-state index < -0.39 is 6.17 Å². The van der Waals surface area contributed by atoms with Crippen LogP contribution in [0.15, 0.2) is 23.3 Å². The highest BCUT2D eigenvalue weighted by Crippen LogP contribution is 2.51. The van der Waals surface area contributed by atoms with E-state index in [2.05, 4.69) is 32.9 Å². The zero-order valence-electron chi connectivity index (χ0n) is 13.2. The van der Waals surface area contributed by atoms with Gasteiger partial charge in [-0.1, -0.05) is 44.1 Å². The largest absolute Gasteiger partial charge is 0.247 e. The van der Waals surface area contributed by atoms with Crippen LogP contribution in [0.5, 0.6) is 0 Å². The minimum atomic E-state index is -0.601. The highest BCUT2D eigenvalue weighted by molar-refractivity contribution is 5.25. The summed E-state index contributed by atoms with van der Waals surface area (Å²) in [5.74, 6) is 3.55. The van der Waals surface area contributed by atoms with Crippen LogP contribution in [0.25, 0.3) is 0 Å². The molecule has 0 radical (unpaired) electrons. The normalized spacial score (nSPS) is 42.1. The van der Waals surface area contributed by atoms with E-state index in [1.165, 1.54) is 25.7 Å². The van der Waals surface area contributed by atoms with E-state index in [9.17, 15) is 4.39 Å². The van der Waals surface area contributed by atoms with Gasteiger partial charge in [-0.3, -0.25) is 0 Å². The Hall–Kier alpha value is -0.590. The summed E-state index contributed by atoms with van der Waals surface area (Å²) in [6, 6.07) is 0. The fraction of sp³-hybridized carbons (Fsp3) is 0.789. The maximum atomic E-state index is 13.6. The maximum absolute atomic E-state index is 13.6. The van der Waals surface area contributed by atoms with E-state index in [0.29, 0.717) is 18.3 Å². The van der Waals surface area contributed by atoms with Crippen molar-refractivity contribution in [2.75, 3.05) is 0 Å². The lowest BCUT2D eigenvalue weighted by Gasteiger charge is -2.39. The van der Waals surface area contributed by atoms with Gasteiger partial charge in [0.05, 0.1) is 0 Å². The van der Waals surface area contributed by atoms with Crippen LogP contribution < -0.4 is 0 Å². The van der Waals surface area contributed by atoms with Crippen molar-refractivity contribution in [1.82, 2.24) is 0 Å². The molecule has 112 valence electrons. The molecular formula is C19H29F. The molecule has 1 fully saturated rings. The molecule has 0 amide bonds. The molecule has 0 spiro atoms. The van der Waals surface area contributed by atoms with Gasteiger partial charge in [-0.15, -0.1) is 0 Å². The van der Waals surface area contributed by atoms with Crippen molar-refractivity contribution < 1.29 is 4.39 Å².